The summed E-state index contributed by atoms with van der Waals surface area (Å²) in [4.78, 5) is 7.11. The summed E-state index contributed by atoms with van der Waals surface area (Å²) in [6, 6.07) is 13.5. The second kappa shape index (κ2) is 6.18. The van der Waals surface area contributed by atoms with E-state index in [0.717, 1.165) is 19.6 Å². The molecule has 0 unspecified atom stereocenters. The molecule has 0 atom stereocenters. The molecule has 4 rings (SSSR count). The number of fused-ring (bicyclic) bond motifs is 2. The zero-order valence-corrected chi connectivity index (χ0v) is 14.7. The minimum atomic E-state index is 0.238. The first-order valence-corrected chi connectivity index (χ1v) is 9.12. The van der Waals surface area contributed by atoms with E-state index in [1.165, 1.54) is 35.2 Å². The van der Waals surface area contributed by atoms with Gasteiger partial charge in [-0.1, -0.05) is 50.3 Å². The number of allylic oxidation sites excluding steroid dienone is 1. The third kappa shape index (κ3) is 2.80. The molecule has 24 heavy (non-hydrogen) atoms. The summed E-state index contributed by atoms with van der Waals surface area (Å²) in [6.45, 7) is 7.88. The molecule has 0 bridgehead atoms. The molecule has 0 N–H and O–H groups in total. The fourth-order valence-corrected chi connectivity index (χ4v) is 4.11. The average Bonchev–Trinajstić information content (AvgIpc) is 2.97. The van der Waals surface area contributed by atoms with Crippen molar-refractivity contribution < 1.29 is 0 Å². The Kier molecular flexibility index (Phi) is 4.01. The van der Waals surface area contributed by atoms with E-state index in [2.05, 4.69) is 72.3 Å². The number of benzene rings is 1. The van der Waals surface area contributed by atoms with Crippen LogP contribution in [0.15, 0.2) is 48.7 Å². The molecular formula is C22H26N2. The second-order valence-corrected chi connectivity index (χ2v) is 7.60. The van der Waals surface area contributed by atoms with Crippen molar-refractivity contribution in [1.82, 2.24) is 9.88 Å². The number of piperidine rings is 1. The first kappa shape index (κ1) is 15.6. The topological polar surface area (TPSA) is 16.1 Å². The molecule has 2 heterocycles. The van der Waals surface area contributed by atoms with Crippen LogP contribution in [0.2, 0.25) is 0 Å². The summed E-state index contributed by atoms with van der Waals surface area (Å²) in [7, 11) is 0. The van der Waals surface area contributed by atoms with Crippen LogP contribution in [0.25, 0.3) is 6.08 Å². The Labute approximate surface area is 145 Å². The summed E-state index contributed by atoms with van der Waals surface area (Å²) >= 11 is 0. The Morgan fingerprint density at radius 1 is 1.08 bits per heavy atom. The lowest BCUT2D eigenvalue weighted by Crippen LogP contribution is -2.40. The van der Waals surface area contributed by atoms with E-state index < -0.39 is 0 Å². The lowest BCUT2D eigenvalue weighted by Gasteiger charge is -2.39. The van der Waals surface area contributed by atoms with Gasteiger partial charge < -0.3 is 0 Å². The molecule has 1 aromatic carbocycles. The van der Waals surface area contributed by atoms with Gasteiger partial charge in [-0.05, 0) is 60.7 Å². The normalized spacial score (nSPS) is 19.1. The lowest BCUT2D eigenvalue weighted by atomic mass is 9.75. The minimum absolute atomic E-state index is 0.238. The first-order chi connectivity index (χ1) is 11.7. The third-order valence-corrected chi connectivity index (χ3v) is 5.74. The summed E-state index contributed by atoms with van der Waals surface area (Å²) in [5, 5.41) is 0. The van der Waals surface area contributed by atoms with Gasteiger partial charge in [-0.3, -0.25) is 9.88 Å². The first-order valence-electron chi connectivity index (χ1n) is 9.12. The van der Waals surface area contributed by atoms with E-state index in [1.54, 1.807) is 0 Å². The highest BCUT2D eigenvalue weighted by atomic mass is 15.1. The Morgan fingerprint density at radius 2 is 1.83 bits per heavy atom. The van der Waals surface area contributed by atoms with Crippen LogP contribution in [0.1, 0.15) is 55.0 Å². The predicted octanol–water partition coefficient (Wildman–Crippen LogP) is 4.77. The van der Waals surface area contributed by atoms with E-state index in [-0.39, 0.29) is 5.41 Å². The van der Waals surface area contributed by atoms with E-state index in [1.807, 2.05) is 6.20 Å². The predicted molar refractivity (Wildman–Crippen MR) is 100.0 cm³/mol. The Balaban J connectivity index is 1.41. The van der Waals surface area contributed by atoms with Crippen LogP contribution in [-0.2, 0) is 12.0 Å². The third-order valence-electron chi connectivity index (χ3n) is 5.74. The second-order valence-electron chi connectivity index (χ2n) is 7.60. The van der Waals surface area contributed by atoms with Crippen molar-refractivity contribution in [3.8, 4) is 0 Å². The molecule has 0 radical (unpaired) electrons. The van der Waals surface area contributed by atoms with Crippen LogP contribution in [0.3, 0.4) is 0 Å². The van der Waals surface area contributed by atoms with Gasteiger partial charge >= 0.3 is 0 Å². The van der Waals surface area contributed by atoms with E-state index in [4.69, 9.17) is 0 Å². The largest absolute Gasteiger partial charge is 0.299 e. The van der Waals surface area contributed by atoms with Gasteiger partial charge in [-0.25, -0.2) is 0 Å². The maximum Gasteiger partial charge on any atom is 0.0667 e. The van der Waals surface area contributed by atoms with Gasteiger partial charge in [-0.2, -0.15) is 0 Å². The van der Waals surface area contributed by atoms with Crippen molar-refractivity contribution in [3.05, 3.63) is 71.1 Å². The van der Waals surface area contributed by atoms with Crippen molar-refractivity contribution in [3.63, 3.8) is 0 Å². The van der Waals surface area contributed by atoms with Crippen LogP contribution in [0.4, 0.5) is 0 Å². The van der Waals surface area contributed by atoms with Crippen molar-refractivity contribution >= 4 is 6.08 Å². The molecule has 0 saturated carbocycles. The summed E-state index contributed by atoms with van der Waals surface area (Å²) < 4.78 is 0. The number of pyridine rings is 1. The summed E-state index contributed by atoms with van der Waals surface area (Å²) in [5.41, 5.74) is 5.71. The van der Waals surface area contributed by atoms with Crippen LogP contribution < -0.4 is 0 Å². The number of hydrogen-bond donors (Lipinski definition) is 0. The van der Waals surface area contributed by atoms with Crippen molar-refractivity contribution in [2.75, 3.05) is 13.1 Å². The number of nitrogens with zero attached hydrogens (tertiary/aromatic N) is 2. The Hall–Kier alpha value is -1.93. The monoisotopic (exact) mass is 318 g/mol. The molecule has 1 aliphatic heterocycles. The van der Waals surface area contributed by atoms with Crippen LogP contribution in [0.5, 0.6) is 0 Å². The Bertz CT molecular complexity index is 735. The fourth-order valence-electron chi connectivity index (χ4n) is 4.11. The highest BCUT2D eigenvalue weighted by molar-refractivity contribution is 5.62. The molecule has 1 aromatic heterocycles. The quantitative estimate of drug-likeness (QED) is 0.810. The van der Waals surface area contributed by atoms with Gasteiger partial charge in [-0.15, -0.1) is 0 Å². The molecule has 2 aromatic rings. The van der Waals surface area contributed by atoms with Gasteiger partial charge in [0.25, 0.3) is 0 Å². The molecule has 2 nitrogen and oxygen atoms in total. The van der Waals surface area contributed by atoms with Crippen LogP contribution in [-0.4, -0.2) is 23.0 Å². The van der Waals surface area contributed by atoms with Gasteiger partial charge in [0.05, 0.1) is 5.69 Å². The smallest absolute Gasteiger partial charge is 0.0667 e. The fraction of sp³-hybridized carbons (Fsp3) is 0.409. The molecule has 1 saturated heterocycles. The van der Waals surface area contributed by atoms with Crippen molar-refractivity contribution in [2.45, 2.75) is 44.6 Å². The zero-order valence-electron chi connectivity index (χ0n) is 14.7. The lowest BCUT2D eigenvalue weighted by molar-refractivity contribution is 0.177. The molecule has 1 spiro atoms. The highest BCUT2D eigenvalue weighted by Gasteiger charge is 2.38. The maximum atomic E-state index is 4.52. The minimum Gasteiger partial charge on any atom is -0.299 e. The molecule has 0 amide bonds. The number of aromatic nitrogens is 1. The van der Waals surface area contributed by atoms with Crippen molar-refractivity contribution in [1.29, 1.82) is 0 Å². The highest BCUT2D eigenvalue weighted by Crippen LogP contribution is 2.43. The van der Waals surface area contributed by atoms with E-state index in [9.17, 15) is 0 Å². The number of hydrogen-bond acceptors (Lipinski definition) is 2. The zero-order chi connectivity index (χ0) is 16.6. The number of rotatable bonds is 3. The van der Waals surface area contributed by atoms with Crippen LogP contribution >= 0.6 is 0 Å². The Morgan fingerprint density at radius 3 is 2.54 bits per heavy atom. The molecule has 1 aliphatic carbocycles. The average molecular weight is 318 g/mol. The molecule has 2 heteroatoms. The molecule has 1 fully saturated rings. The van der Waals surface area contributed by atoms with E-state index >= 15 is 0 Å². The van der Waals surface area contributed by atoms with Gasteiger partial charge in [0.2, 0.25) is 0 Å². The molecule has 2 aliphatic rings. The van der Waals surface area contributed by atoms with E-state index in [0.29, 0.717) is 5.92 Å². The summed E-state index contributed by atoms with van der Waals surface area (Å²) in [6.07, 6.45) is 8.92. The van der Waals surface area contributed by atoms with Gasteiger partial charge in [0.15, 0.2) is 0 Å². The van der Waals surface area contributed by atoms with Gasteiger partial charge in [0.1, 0.15) is 0 Å². The van der Waals surface area contributed by atoms with Crippen molar-refractivity contribution in [2.24, 2.45) is 0 Å². The van der Waals surface area contributed by atoms with Gasteiger partial charge in [0, 0.05) is 18.2 Å². The summed E-state index contributed by atoms with van der Waals surface area (Å²) in [5.74, 6) is 0.608. The number of likely N-dealkylation sites (tertiary alicyclic amines) is 1. The standard InChI is InChI=1S/C22H26N2/c1-17(2)19-7-5-18(6-8-19)16-24-14-11-22(12-15-24)10-9-21-20(22)4-3-13-23-21/h3-10,13,17H,11-12,14-16H2,1-2H3. The molecular weight excluding hydrogens is 292 g/mol. The SMILES string of the molecule is CC(C)c1ccc(CN2CCC3(C=Cc4ncccc43)CC2)cc1. The maximum absolute atomic E-state index is 4.52. The molecule has 124 valence electrons. The van der Waals surface area contributed by atoms with Crippen LogP contribution in [0, 0.1) is 0 Å².